The summed E-state index contributed by atoms with van der Waals surface area (Å²) in [5.41, 5.74) is 9.27. The second kappa shape index (κ2) is 4.78. The van der Waals surface area contributed by atoms with Gasteiger partial charge in [0.2, 0.25) is 0 Å². The molecule has 0 aliphatic rings. The summed E-state index contributed by atoms with van der Waals surface area (Å²) in [7, 11) is 0. The quantitative estimate of drug-likeness (QED) is 0.902. The van der Waals surface area contributed by atoms with E-state index in [1.165, 1.54) is 10.4 Å². The minimum absolute atomic E-state index is 0.0273. The molecule has 2 aromatic heterocycles. The Bertz CT molecular complexity index is 552. The van der Waals surface area contributed by atoms with E-state index in [4.69, 9.17) is 10.7 Å². The SMILES string of the molecule is Cc1ccncc1-c1nc(C(C)(C)C)c(CN)s1. The Labute approximate surface area is 112 Å². The van der Waals surface area contributed by atoms with Crippen LogP contribution in [0.3, 0.4) is 0 Å². The topological polar surface area (TPSA) is 51.8 Å². The highest BCUT2D eigenvalue weighted by molar-refractivity contribution is 7.15. The summed E-state index contributed by atoms with van der Waals surface area (Å²) in [6.07, 6.45) is 3.68. The first-order valence-corrected chi connectivity index (χ1v) is 6.86. The Morgan fingerprint density at radius 3 is 2.56 bits per heavy atom. The van der Waals surface area contributed by atoms with Crippen molar-refractivity contribution in [1.82, 2.24) is 9.97 Å². The molecule has 0 aromatic carbocycles. The number of nitrogens with zero attached hydrogens (tertiary/aromatic N) is 2. The smallest absolute Gasteiger partial charge is 0.125 e. The number of nitrogens with two attached hydrogens (primary N) is 1. The normalized spacial score (nSPS) is 11.8. The molecular weight excluding hydrogens is 242 g/mol. The Hall–Kier alpha value is -1.26. The van der Waals surface area contributed by atoms with Crippen molar-refractivity contribution >= 4 is 11.3 Å². The summed E-state index contributed by atoms with van der Waals surface area (Å²) >= 11 is 1.68. The van der Waals surface area contributed by atoms with Gasteiger partial charge in [0.1, 0.15) is 5.01 Å². The van der Waals surface area contributed by atoms with Gasteiger partial charge in [0.15, 0.2) is 0 Å². The van der Waals surface area contributed by atoms with E-state index in [0.29, 0.717) is 6.54 Å². The van der Waals surface area contributed by atoms with E-state index < -0.39 is 0 Å². The Balaban J connectivity index is 2.55. The fourth-order valence-corrected chi connectivity index (χ4v) is 3.10. The highest BCUT2D eigenvalue weighted by Crippen LogP contribution is 2.34. The van der Waals surface area contributed by atoms with Crippen LogP contribution in [0.2, 0.25) is 0 Å². The van der Waals surface area contributed by atoms with Crippen LogP contribution < -0.4 is 5.73 Å². The van der Waals surface area contributed by atoms with Gasteiger partial charge in [-0.15, -0.1) is 11.3 Å². The van der Waals surface area contributed by atoms with Crippen molar-refractivity contribution in [3.63, 3.8) is 0 Å². The molecule has 0 aliphatic heterocycles. The summed E-state index contributed by atoms with van der Waals surface area (Å²) in [6.45, 7) is 9.13. The summed E-state index contributed by atoms with van der Waals surface area (Å²) in [4.78, 5) is 10.1. The van der Waals surface area contributed by atoms with Crippen LogP contribution in [0.1, 0.15) is 36.9 Å². The van der Waals surface area contributed by atoms with E-state index >= 15 is 0 Å². The minimum Gasteiger partial charge on any atom is -0.326 e. The molecule has 18 heavy (non-hydrogen) atoms. The molecule has 0 amide bonds. The highest BCUT2D eigenvalue weighted by Gasteiger charge is 2.23. The van der Waals surface area contributed by atoms with E-state index in [1.54, 1.807) is 17.5 Å². The lowest BCUT2D eigenvalue weighted by molar-refractivity contribution is 0.567. The number of rotatable bonds is 2. The van der Waals surface area contributed by atoms with Gasteiger partial charge in [-0.25, -0.2) is 4.98 Å². The van der Waals surface area contributed by atoms with Crippen LogP contribution in [0.5, 0.6) is 0 Å². The molecule has 0 saturated carbocycles. The van der Waals surface area contributed by atoms with E-state index in [0.717, 1.165) is 16.3 Å². The molecule has 2 rings (SSSR count). The minimum atomic E-state index is 0.0273. The average Bonchev–Trinajstić information content (AvgIpc) is 2.73. The third kappa shape index (κ3) is 2.44. The van der Waals surface area contributed by atoms with Crippen molar-refractivity contribution in [3.8, 4) is 10.6 Å². The molecule has 0 unspecified atom stereocenters. The molecule has 0 saturated heterocycles. The number of hydrogen-bond donors (Lipinski definition) is 1. The van der Waals surface area contributed by atoms with Crippen molar-refractivity contribution in [2.75, 3.05) is 0 Å². The second-order valence-corrected chi connectivity index (χ2v) is 6.52. The van der Waals surface area contributed by atoms with Gasteiger partial charge < -0.3 is 5.73 Å². The van der Waals surface area contributed by atoms with Gasteiger partial charge in [-0.2, -0.15) is 0 Å². The lowest BCUT2D eigenvalue weighted by atomic mass is 9.91. The van der Waals surface area contributed by atoms with Gasteiger partial charge in [0.05, 0.1) is 5.69 Å². The zero-order valence-electron chi connectivity index (χ0n) is 11.3. The number of aryl methyl sites for hydroxylation is 1. The zero-order valence-corrected chi connectivity index (χ0v) is 12.1. The second-order valence-electron chi connectivity index (χ2n) is 5.44. The van der Waals surface area contributed by atoms with Crippen molar-refractivity contribution < 1.29 is 0 Å². The molecule has 3 nitrogen and oxygen atoms in total. The first-order valence-electron chi connectivity index (χ1n) is 6.04. The lowest BCUT2D eigenvalue weighted by Gasteiger charge is -2.16. The van der Waals surface area contributed by atoms with Crippen LogP contribution in [-0.2, 0) is 12.0 Å². The molecule has 0 spiro atoms. The van der Waals surface area contributed by atoms with Crippen LogP contribution in [-0.4, -0.2) is 9.97 Å². The van der Waals surface area contributed by atoms with Gasteiger partial charge in [-0.1, -0.05) is 20.8 Å². The Morgan fingerprint density at radius 2 is 2.06 bits per heavy atom. The van der Waals surface area contributed by atoms with E-state index in [9.17, 15) is 0 Å². The van der Waals surface area contributed by atoms with E-state index in [-0.39, 0.29) is 5.41 Å². The Morgan fingerprint density at radius 1 is 1.33 bits per heavy atom. The highest BCUT2D eigenvalue weighted by atomic mass is 32.1. The van der Waals surface area contributed by atoms with Crippen molar-refractivity contribution in [2.24, 2.45) is 5.73 Å². The molecule has 2 aromatic rings. The maximum atomic E-state index is 5.83. The molecular formula is C14H19N3S. The van der Waals surface area contributed by atoms with Gasteiger partial charge >= 0.3 is 0 Å². The molecule has 0 bridgehead atoms. The zero-order chi connectivity index (χ0) is 13.3. The predicted molar refractivity (Wildman–Crippen MR) is 76.7 cm³/mol. The lowest BCUT2D eigenvalue weighted by Crippen LogP contribution is -2.15. The predicted octanol–water partition coefficient (Wildman–Crippen LogP) is 3.27. The molecule has 2 N–H and O–H groups in total. The molecule has 0 fully saturated rings. The molecule has 2 heterocycles. The molecule has 0 radical (unpaired) electrons. The summed E-state index contributed by atoms with van der Waals surface area (Å²) < 4.78 is 0. The summed E-state index contributed by atoms with van der Waals surface area (Å²) in [5.74, 6) is 0. The number of thiazole rings is 1. The Kier molecular flexibility index (Phi) is 3.50. The van der Waals surface area contributed by atoms with Crippen LogP contribution in [0, 0.1) is 6.92 Å². The van der Waals surface area contributed by atoms with Crippen LogP contribution in [0.4, 0.5) is 0 Å². The fraction of sp³-hybridized carbons (Fsp3) is 0.429. The van der Waals surface area contributed by atoms with Crippen LogP contribution in [0.15, 0.2) is 18.5 Å². The van der Waals surface area contributed by atoms with Crippen LogP contribution in [0.25, 0.3) is 10.6 Å². The van der Waals surface area contributed by atoms with Gasteiger partial charge in [-0.3, -0.25) is 4.98 Å². The largest absolute Gasteiger partial charge is 0.326 e. The summed E-state index contributed by atoms with van der Waals surface area (Å²) in [5, 5.41) is 1.02. The maximum Gasteiger partial charge on any atom is 0.125 e. The molecule has 96 valence electrons. The number of aromatic nitrogens is 2. The fourth-order valence-electron chi connectivity index (χ4n) is 1.88. The molecule has 4 heteroatoms. The van der Waals surface area contributed by atoms with E-state index in [1.807, 2.05) is 12.3 Å². The van der Waals surface area contributed by atoms with Crippen molar-refractivity contribution in [1.29, 1.82) is 0 Å². The first kappa shape index (κ1) is 13.2. The standard InChI is InChI=1S/C14H19N3S/c1-9-5-6-16-8-10(9)13-17-12(14(2,3)4)11(7-15)18-13/h5-6,8H,7,15H2,1-4H3. The third-order valence-corrected chi connectivity index (χ3v) is 3.97. The average molecular weight is 261 g/mol. The molecule has 0 atom stereocenters. The first-order chi connectivity index (χ1) is 8.43. The van der Waals surface area contributed by atoms with Crippen LogP contribution >= 0.6 is 11.3 Å². The number of pyridine rings is 1. The van der Waals surface area contributed by atoms with Gasteiger partial charge in [-0.05, 0) is 18.6 Å². The maximum absolute atomic E-state index is 5.83. The monoisotopic (exact) mass is 261 g/mol. The van der Waals surface area contributed by atoms with Crippen molar-refractivity contribution in [3.05, 3.63) is 34.6 Å². The summed E-state index contributed by atoms with van der Waals surface area (Å²) in [6, 6.07) is 2.01. The third-order valence-electron chi connectivity index (χ3n) is 2.86. The van der Waals surface area contributed by atoms with E-state index in [2.05, 4.69) is 32.7 Å². The molecule has 0 aliphatic carbocycles. The number of hydrogen-bond acceptors (Lipinski definition) is 4. The van der Waals surface area contributed by atoms with Gasteiger partial charge in [0.25, 0.3) is 0 Å². The van der Waals surface area contributed by atoms with Crippen molar-refractivity contribution in [2.45, 2.75) is 39.7 Å². The van der Waals surface area contributed by atoms with Gasteiger partial charge in [0, 0.05) is 34.8 Å².